The lowest BCUT2D eigenvalue weighted by Crippen LogP contribution is -2.47. The van der Waals surface area contributed by atoms with Gasteiger partial charge in [-0.3, -0.25) is 24.2 Å². The van der Waals surface area contributed by atoms with Crippen molar-refractivity contribution in [1.82, 2.24) is 24.7 Å². The van der Waals surface area contributed by atoms with Gasteiger partial charge in [-0.25, -0.2) is 4.98 Å². The minimum Gasteiger partial charge on any atom is -0.435 e. The molecule has 11 heteroatoms. The van der Waals surface area contributed by atoms with Crippen LogP contribution in [0.4, 0.5) is 11.4 Å². The maximum Gasteiger partial charge on any atom is 0.247 e. The van der Waals surface area contributed by atoms with E-state index in [0.717, 1.165) is 28.5 Å². The predicted molar refractivity (Wildman–Crippen MR) is 199 cm³/mol. The molecule has 260 valence electrons. The molecule has 51 heavy (non-hydrogen) atoms. The van der Waals surface area contributed by atoms with Crippen LogP contribution < -0.4 is 10.6 Å². The number of H-pyrrole nitrogens is 1. The van der Waals surface area contributed by atoms with E-state index < -0.39 is 18.1 Å². The van der Waals surface area contributed by atoms with Gasteiger partial charge >= 0.3 is 0 Å². The molecule has 3 amide bonds. The van der Waals surface area contributed by atoms with E-state index in [1.165, 1.54) is 0 Å². The number of benzene rings is 4. The number of aromatic nitrogens is 2. The number of likely N-dealkylation sites (tertiary alicyclic amines) is 1. The van der Waals surface area contributed by atoms with Crippen LogP contribution in [0.5, 0.6) is 0 Å². The molecule has 1 aliphatic heterocycles. The summed E-state index contributed by atoms with van der Waals surface area (Å²) in [5, 5.41) is 6.94. The third-order valence-electron chi connectivity index (χ3n) is 9.36. The summed E-state index contributed by atoms with van der Waals surface area (Å²) in [5.41, 5.74) is 5.77. The molecule has 1 aliphatic rings. The fourth-order valence-electron chi connectivity index (χ4n) is 6.96. The normalized spacial score (nSPS) is 15.8. The number of aromatic amines is 1. The molecule has 0 radical (unpaired) electrons. The molecule has 4 aromatic carbocycles. The Kier molecular flexibility index (Phi) is 9.40. The number of nitrogens with one attached hydrogen (secondary N) is 3. The second-order valence-corrected chi connectivity index (χ2v) is 13.4. The van der Waals surface area contributed by atoms with Gasteiger partial charge in [-0.1, -0.05) is 60.7 Å². The van der Waals surface area contributed by atoms with E-state index >= 15 is 0 Å². The molecule has 6 aromatic rings. The number of likely N-dealkylation sites (N-methyl/N-ethyl adjacent to an activating group) is 2. The fourth-order valence-corrected chi connectivity index (χ4v) is 6.96. The highest BCUT2D eigenvalue weighted by atomic mass is 16.3. The second-order valence-electron chi connectivity index (χ2n) is 13.4. The van der Waals surface area contributed by atoms with Gasteiger partial charge in [-0.05, 0) is 94.6 Å². The molecule has 3 heterocycles. The number of hydrogen-bond donors (Lipinski definition) is 3. The average Bonchev–Trinajstić information content (AvgIpc) is 3.87. The molecule has 0 saturated carbocycles. The highest BCUT2D eigenvalue weighted by Crippen LogP contribution is 2.31. The van der Waals surface area contributed by atoms with Crippen LogP contribution in [-0.2, 0) is 14.4 Å². The SMILES string of the molecule is CN(C)C(C(=O)Nc1ccc2oc(-c3cc4cc(NC(=O)[C@@H]5CCCN5C(=O)C(c5ccccc5)N(C)C)ccc4[nH]3)nc2c1)c1ccccc1. The molecule has 3 atom stereocenters. The van der Waals surface area contributed by atoms with Gasteiger partial charge in [0.1, 0.15) is 29.3 Å². The third kappa shape index (κ3) is 6.99. The molecule has 1 saturated heterocycles. The maximum absolute atomic E-state index is 13.8. The van der Waals surface area contributed by atoms with E-state index in [2.05, 4.69) is 15.6 Å². The molecule has 0 aliphatic carbocycles. The fraction of sp³-hybridized carbons (Fsp3) is 0.250. The van der Waals surface area contributed by atoms with E-state index in [-0.39, 0.29) is 17.7 Å². The van der Waals surface area contributed by atoms with E-state index in [0.29, 0.717) is 47.0 Å². The number of carbonyl (C=O) groups is 3. The first-order valence-electron chi connectivity index (χ1n) is 17.0. The number of nitrogens with zero attached hydrogens (tertiary/aromatic N) is 4. The van der Waals surface area contributed by atoms with Crippen LogP contribution >= 0.6 is 0 Å². The van der Waals surface area contributed by atoms with E-state index in [4.69, 9.17) is 9.40 Å². The van der Waals surface area contributed by atoms with Crippen LogP contribution in [-0.4, -0.2) is 83.2 Å². The highest BCUT2D eigenvalue weighted by Gasteiger charge is 2.38. The van der Waals surface area contributed by atoms with Crippen molar-refractivity contribution in [2.45, 2.75) is 31.0 Å². The number of carbonyl (C=O) groups excluding carboxylic acids is 3. The molecular weight excluding hydrogens is 642 g/mol. The summed E-state index contributed by atoms with van der Waals surface area (Å²) in [6.45, 7) is 0.539. The number of anilines is 2. The molecule has 7 rings (SSSR count). The Labute approximate surface area is 296 Å². The van der Waals surface area contributed by atoms with Crippen molar-refractivity contribution in [3.63, 3.8) is 0 Å². The molecule has 2 aromatic heterocycles. The minimum absolute atomic E-state index is 0.0765. The Hall–Kier alpha value is -5.78. The first-order valence-corrected chi connectivity index (χ1v) is 17.0. The van der Waals surface area contributed by atoms with E-state index in [1.54, 1.807) is 23.1 Å². The van der Waals surface area contributed by atoms with Crippen LogP contribution in [0.2, 0.25) is 0 Å². The molecular formula is C40H41N7O4. The van der Waals surface area contributed by atoms with Crippen molar-refractivity contribution in [1.29, 1.82) is 0 Å². The monoisotopic (exact) mass is 683 g/mol. The van der Waals surface area contributed by atoms with Crippen molar-refractivity contribution >= 4 is 51.1 Å². The summed E-state index contributed by atoms with van der Waals surface area (Å²) in [6.07, 6.45) is 1.37. The van der Waals surface area contributed by atoms with Gasteiger partial charge in [0.25, 0.3) is 0 Å². The second kappa shape index (κ2) is 14.2. The molecule has 11 nitrogen and oxygen atoms in total. The van der Waals surface area contributed by atoms with Gasteiger partial charge in [-0.15, -0.1) is 0 Å². The van der Waals surface area contributed by atoms with Gasteiger partial charge in [0.2, 0.25) is 23.6 Å². The van der Waals surface area contributed by atoms with Gasteiger partial charge in [0.15, 0.2) is 5.58 Å². The Morgan fingerprint density at radius 3 is 2.14 bits per heavy atom. The average molecular weight is 684 g/mol. The molecule has 0 spiro atoms. The lowest BCUT2D eigenvalue weighted by atomic mass is 10.0. The largest absolute Gasteiger partial charge is 0.435 e. The molecule has 1 fully saturated rings. The molecule has 3 N–H and O–H groups in total. The Balaban J connectivity index is 1.05. The predicted octanol–water partition coefficient (Wildman–Crippen LogP) is 6.45. The van der Waals surface area contributed by atoms with Crippen molar-refractivity contribution in [2.24, 2.45) is 0 Å². The number of rotatable bonds is 10. The zero-order valence-electron chi connectivity index (χ0n) is 29.1. The van der Waals surface area contributed by atoms with Crippen molar-refractivity contribution < 1.29 is 18.8 Å². The number of hydrogen-bond acceptors (Lipinski definition) is 7. The van der Waals surface area contributed by atoms with Crippen LogP contribution in [0.1, 0.15) is 36.1 Å². The Morgan fingerprint density at radius 1 is 0.804 bits per heavy atom. The molecule has 2 unspecified atom stereocenters. The highest BCUT2D eigenvalue weighted by molar-refractivity contribution is 6.00. The van der Waals surface area contributed by atoms with Crippen LogP contribution in [0.25, 0.3) is 33.6 Å². The summed E-state index contributed by atoms with van der Waals surface area (Å²) in [6, 6.07) is 30.8. The minimum atomic E-state index is -0.553. The first-order chi connectivity index (χ1) is 24.7. The maximum atomic E-state index is 13.8. The number of oxazole rings is 1. The standard InChI is InChI=1S/C40H41N7O4/c1-45(2)35(25-12-7-5-8-13-25)38(49)42-29-18-20-34-31(24-29)44-39(51-34)32-23-27-22-28(17-19-30(27)43-32)41-37(48)33-16-11-21-47(33)40(50)36(46(3)4)26-14-9-6-10-15-26/h5-10,12-15,17-20,22-24,33,35-36,43H,11,16,21H2,1-4H3,(H,41,48)(H,42,49)/t33-,35?,36?/m0/s1. The van der Waals surface area contributed by atoms with Crippen molar-refractivity contribution in [2.75, 3.05) is 45.4 Å². The number of amides is 3. The first kappa shape index (κ1) is 33.7. The smallest absolute Gasteiger partial charge is 0.247 e. The summed E-state index contributed by atoms with van der Waals surface area (Å²) in [7, 11) is 7.52. The summed E-state index contributed by atoms with van der Waals surface area (Å²) in [4.78, 5) is 54.2. The van der Waals surface area contributed by atoms with Gasteiger partial charge in [-0.2, -0.15) is 0 Å². The molecule has 0 bridgehead atoms. The topological polar surface area (TPSA) is 127 Å². The number of fused-ring (bicyclic) bond motifs is 2. The van der Waals surface area contributed by atoms with E-state index in [1.807, 2.05) is 123 Å². The lowest BCUT2D eigenvalue weighted by molar-refractivity contribution is -0.140. The Bertz CT molecular complexity index is 2190. The van der Waals surface area contributed by atoms with Gasteiger partial charge < -0.3 is 24.9 Å². The van der Waals surface area contributed by atoms with E-state index in [9.17, 15) is 14.4 Å². The summed E-state index contributed by atoms with van der Waals surface area (Å²) < 4.78 is 6.09. The van der Waals surface area contributed by atoms with Gasteiger partial charge in [0.05, 0.1) is 0 Å². The quantitative estimate of drug-likeness (QED) is 0.152. The van der Waals surface area contributed by atoms with Gasteiger partial charge in [0, 0.05) is 28.8 Å². The lowest BCUT2D eigenvalue weighted by Gasteiger charge is -2.31. The van der Waals surface area contributed by atoms with Crippen LogP contribution in [0.15, 0.2) is 108 Å². The summed E-state index contributed by atoms with van der Waals surface area (Å²) >= 11 is 0. The zero-order valence-corrected chi connectivity index (χ0v) is 29.1. The van der Waals surface area contributed by atoms with Crippen LogP contribution in [0.3, 0.4) is 0 Å². The van der Waals surface area contributed by atoms with Crippen molar-refractivity contribution in [3.8, 4) is 11.6 Å². The van der Waals surface area contributed by atoms with Crippen molar-refractivity contribution in [3.05, 3.63) is 114 Å². The summed E-state index contributed by atoms with van der Waals surface area (Å²) in [5.74, 6) is -0.0268. The Morgan fingerprint density at radius 2 is 1.45 bits per heavy atom. The third-order valence-corrected chi connectivity index (χ3v) is 9.36. The van der Waals surface area contributed by atoms with Crippen LogP contribution in [0, 0.1) is 0 Å². The zero-order chi connectivity index (χ0) is 35.6.